The molecule has 0 spiro atoms. The first-order valence-electron chi connectivity index (χ1n) is 11.1. The van der Waals surface area contributed by atoms with Crippen LogP contribution in [0.3, 0.4) is 0 Å². The molecule has 2 aromatic carbocycles. The third-order valence-electron chi connectivity index (χ3n) is 5.77. The van der Waals surface area contributed by atoms with Gasteiger partial charge in [0.2, 0.25) is 5.91 Å². The van der Waals surface area contributed by atoms with E-state index in [1.807, 2.05) is 43.3 Å². The molecule has 32 heavy (non-hydrogen) atoms. The molecule has 1 aliphatic rings. The molecule has 0 saturated carbocycles. The van der Waals surface area contributed by atoms with Crippen molar-refractivity contribution in [3.8, 4) is 11.1 Å². The van der Waals surface area contributed by atoms with E-state index in [-0.39, 0.29) is 18.9 Å². The maximum atomic E-state index is 12.6. The largest absolute Gasteiger partial charge is 0.481 e. The first-order chi connectivity index (χ1) is 15.4. The van der Waals surface area contributed by atoms with Gasteiger partial charge in [0.05, 0.1) is 6.42 Å². The monoisotopic (exact) mass is 438 g/mol. The Morgan fingerprint density at radius 3 is 2.09 bits per heavy atom. The predicted molar refractivity (Wildman–Crippen MR) is 121 cm³/mol. The molecule has 0 fully saturated rings. The van der Waals surface area contributed by atoms with Gasteiger partial charge in [0, 0.05) is 12.0 Å². The van der Waals surface area contributed by atoms with E-state index in [0.717, 1.165) is 28.7 Å². The standard InChI is InChI=1S/C25H30N2O5/c1-3-9-16(14-23(28)29)26-24(30)22(4-2)27-25(31)32-15-21-19-12-7-5-10-17(19)18-11-6-8-13-20(18)21/h5-8,10-13,16,21-22H,3-4,9,14-15H2,1-2H3,(H,26,30)(H,27,31)(H,28,29)/t16?,22-/m1/s1. The summed E-state index contributed by atoms with van der Waals surface area (Å²) >= 11 is 0. The van der Waals surface area contributed by atoms with Crippen LogP contribution in [-0.2, 0) is 14.3 Å². The maximum Gasteiger partial charge on any atom is 0.407 e. The summed E-state index contributed by atoms with van der Waals surface area (Å²) in [7, 11) is 0. The topological polar surface area (TPSA) is 105 Å². The molecule has 170 valence electrons. The minimum atomic E-state index is -0.971. The van der Waals surface area contributed by atoms with Gasteiger partial charge < -0.3 is 20.5 Å². The summed E-state index contributed by atoms with van der Waals surface area (Å²) in [5, 5.41) is 14.4. The van der Waals surface area contributed by atoms with Crippen molar-refractivity contribution in [1.82, 2.24) is 10.6 Å². The van der Waals surface area contributed by atoms with E-state index in [4.69, 9.17) is 9.84 Å². The van der Waals surface area contributed by atoms with Crippen molar-refractivity contribution in [2.75, 3.05) is 6.61 Å². The molecule has 2 aromatic rings. The molecule has 0 bridgehead atoms. The number of carbonyl (C=O) groups is 3. The first-order valence-corrected chi connectivity index (χ1v) is 11.1. The van der Waals surface area contributed by atoms with Crippen LogP contribution in [0.5, 0.6) is 0 Å². The number of amides is 2. The molecule has 0 saturated heterocycles. The summed E-state index contributed by atoms with van der Waals surface area (Å²) in [5.41, 5.74) is 4.51. The van der Waals surface area contributed by atoms with Gasteiger partial charge in [0.1, 0.15) is 12.6 Å². The molecule has 3 N–H and O–H groups in total. The molecular weight excluding hydrogens is 408 g/mol. The zero-order valence-electron chi connectivity index (χ0n) is 18.5. The highest BCUT2D eigenvalue weighted by atomic mass is 16.5. The van der Waals surface area contributed by atoms with Crippen LogP contribution in [0, 0.1) is 0 Å². The Morgan fingerprint density at radius 2 is 1.56 bits per heavy atom. The zero-order valence-corrected chi connectivity index (χ0v) is 18.5. The Kier molecular flexibility index (Phi) is 7.87. The fourth-order valence-corrected chi connectivity index (χ4v) is 4.22. The van der Waals surface area contributed by atoms with Crippen LogP contribution in [-0.4, -0.2) is 41.8 Å². The van der Waals surface area contributed by atoms with Gasteiger partial charge in [-0.3, -0.25) is 9.59 Å². The van der Waals surface area contributed by atoms with Crippen molar-refractivity contribution in [2.45, 2.75) is 57.5 Å². The molecule has 0 radical (unpaired) electrons. The Bertz CT molecular complexity index is 929. The Balaban J connectivity index is 1.60. The average molecular weight is 439 g/mol. The van der Waals surface area contributed by atoms with Crippen molar-refractivity contribution in [2.24, 2.45) is 0 Å². The number of rotatable bonds is 10. The SMILES string of the molecule is CCCC(CC(=O)O)NC(=O)[C@@H](CC)NC(=O)OCC1c2ccccc2-c2ccccc21. The minimum Gasteiger partial charge on any atom is -0.481 e. The third-order valence-corrected chi connectivity index (χ3v) is 5.77. The third kappa shape index (κ3) is 5.46. The van der Waals surface area contributed by atoms with Gasteiger partial charge in [-0.15, -0.1) is 0 Å². The van der Waals surface area contributed by atoms with E-state index >= 15 is 0 Å². The quantitative estimate of drug-likeness (QED) is 0.519. The number of benzene rings is 2. The number of hydrogen-bond acceptors (Lipinski definition) is 4. The Labute approximate surface area is 188 Å². The molecule has 7 nitrogen and oxygen atoms in total. The van der Waals surface area contributed by atoms with Gasteiger partial charge in [0.25, 0.3) is 0 Å². The van der Waals surface area contributed by atoms with Crippen LogP contribution in [0.1, 0.15) is 56.6 Å². The van der Waals surface area contributed by atoms with E-state index in [1.54, 1.807) is 6.92 Å². The highest BCUT2D eigenvalue weighted by Gasteiger charge is 2.30. The second-order valence-corrected chi connectivity index (χ2v) is 8.02. The van der Waals surface area contributed by atoms with E-state index < -0.39 is 30.1 Å². The van der Waals surface area contributed by atoms with Crippen molar-refractivity contribution < 1.29 is 24.2 Å². The summed E-state index contributed by atoms with van der Waals surface area (Å²) in [6, 6.07) is 14.9. The molecule has 2 atom stereocenters. The molecule has 2 amide bonds. The Hall–Kier alpha value is -3.35. The number of carboxylic acids is 1. The fourth-order valence-electron chi connectivity index (χ4n) is 4.22. The molecule has 0 aliphatic heterocycles. The molecule has 1 unspecified atom stereocenters. The highest BCUT2D eigenvalue weighted by molar-refractivity contribution is 5.86. The van der Waals surface area contributed by atoms with Crippen LogP contribution in [0.2, 0.25) is 0 Å². The molecule has 1 aliphatic carbocycles. The number of carbonyl (C=O) groups excluding carboxylic acids is 2. The number of carboxylic acid groups (broad SMARTS) is 1. The van der Waals surface area contributed by atoms with Crippen LogP contribution >= 0.6 is 0 Å². The van der Waals surface area contributed by atoms with E-state index in [1.165, 1.54) is 0 Å². The van der Waals surface area contributed by atoms with Crippen LogP contribution in [0.15, 0.2) is 48.5 Å². The lowest BCUT2D eigenvalue weighted by Crippen LogP contribution is -2.50. The highest BCUT2D eigenvalue weighted by Crippen LogP contribution is 2.44. The lowest BCUT2D eigenvalue weighted by molar-refractivity contribution is -0.137. The van der Waals surface area contributed by atoms with Crippen molar-refractivity contribution in [1.29, 1.82) is 0 Å². The van der Waals surface area contributed by atoms with E-state index in [0.29, 0.717) is 12.8 Å². The maximum absolute atomic E-state index is 12.6. The van der Waals surface area contributed by atoms with Crippen LogP contribution < -0.4 is 10.6 Å². The van der Waals surface area contributed by atoms with Gasteiger partial charge in [-0.1, -0.05) is 68.8 Å². The number of aliphatic carboxylic acids is 1. The average Bonchev–Trinajstić information content (AvgIpc) is 3.09. The first kappa shape index (κ1) is 23.3. The van der Waals surface area contributed by atoms with Gasteiger partial charge in [-0.05, 0) is 35.1 Å². The Morgan fingerprint density at radius 1 is 0.969 bits per heavy atom. The smallest absolute Gasteiger partial charge is 0.407 e. The normalized spacial score (nSPS) is 14.1. The molecule has 7 heteroatoms. The van der Waals surface area contributed by atoms with Crippen molar-refractivity contribution in [3.63, 3.8) is 0 Å². The number of fused-ring (bicyclic) bond motifs is 3. The summed E-state index contributed by atoms with van der Waals surface area (Å²) in [4.78, 5) is 36.1. The number of alkyl carbamates (subject to hydrolysis) is 1. The lowest BCUT2D eigenvalue weighted by Gasteiger charge is -2.22. The summed E-state index contributed by atoms with van der Waals surface area (Å²) in [6.07, 6.45) is 0.844. The van der Waals surface area contributed by atoms with Crippen LogP contribution in [0.4, 0.5) is 4.79 Å². The van der Waals surface area contributed by atoms with E-state index in [9.17, 15) is 14.4 Å². The van der Waals surface area contributed by atoms with E-state index in [2.05, 4.69) is 22.8 Å². The predicted octanol–water partition coefficient (Wildman–Crippen LogP) is 4.06. The summed E-state index contributed by atoms with van der Waals surface area (Å²) < 4.78 is 5.52. The fraction of sp³-hybridized carbons (Fsp3) is 0.400. The van der Waals surface area contributed by atoms with Crippen molar-refractivity contribution >= 4 is 18.0 Å². The molecule has 0 heterocycles. The minimum absolute atomic E-state index is 0.0634. The molecule has 0 aromatic heterocycles. The second kappa shape index (κ2) is 10.8. The number of hydrogen-bond donors (Lipinski definition) is 3. The van der Waals surface area contributed by atoms with Gasteiger partial charge in [-0.25, -0.2) is 4.79 Å². The van der Waals surface area contributed by atoms with Gasteiger partial charge in [0.15, 0.2) is 0 Å². The van der Waals surface area contributed by atoms with Gasteiger partial charge >= 0.3 is 12.1 Å². The summed E-state index contributed by atoms with van der Waals surface area (Å²) in [5.74, 6) is -1.44. The zero-order chi connectivity index (χ0) is 23.1. The lowest BCUT2D eigenvalue weighted by atomic mass is 9.98. The van der Waals surface area contributed by atoms with Gasteiger partial charge in [-0.2, -0.15) is 0 Å². The number of nitrogens with one attached hydrogen (secondary N) is 2. The molecular formula is C25H30N2O5. The summed E-state index contributed by atoms with van der Waals surface area (Å²) in [6.45, 7) is 3.86. The second-order valence-electron chi connectivity index (χ2n) is 8.02. The molecule has 3 rings (SSSR count). The number of ether oxygens (including phenoxy) is 1. The van der Waals surface area contributed by atoms with Crippen molar-refractivity contribution in [3.05, 3.63) is 59.7 Å². The van der Waals surface area contributed by atoms with Crippen LogP contribution in [0.25, 0.3) is 11.1 Å².